The van der Waals surface area contributed by atoms with Crippen molar-refractivity contribution in [2.45, 2.75) is 52.1 Å². The molecule has 3 rings (SSSR count). The molecule has 1 saturated carbocycles. The summed E-state index contributed by atoms with van der Waals surface area (Å²) in [6, 6.07) is 6.81. The lowest BCUT2D eigenvalue weighted by atomic mass is 10.0. The Morgan fingerprint density at radius 1 is 1.43 bits per heavy atom. The molecule has 0 bridgehead atoms. The van der Waals surface area contributed by atoms with Gasteiger partial charge in [-0.1, -0.05) is 23.8 Å². The van der Waals surface area contributed by atoms with Gasteiger partial charge in [0.15, 0.2) is 10.6 Å². The molecule has 1 amide bonds. The van der Waals surface area contributed by atoms with Crippen molar-refractivity contribution >= 4 is 18.1 Å². The van der Waals surface area contributed by atoms with Crippen LogP contribution in [0, 0.1) is 18.6 Å². The lowest BCUT2D eigenvalue weighted by Gasteiger charge is -2.08. The standard InChI is InChI=1S/C17H22N4OS/c1-11-3-4-13(12(2)9-11)5-8-16(22)18-10-15-19-20-17(23)21(15)14-6-7-14/h3-4,9,14H,5-8,10H2,1-2H3,(H,18,22)(H,20,23). The van der Waals surface area contributed by atoms with E-state index < -0.39 is 0 Å². The van der Waals surface area contributed by atoms with Crippen LogP contribution in [-0.2, 0) is 17.8 Å². The van der Waals surface area contributed by atoms with Gasteiger partial charge in [-0.15, -0.1) is 0 Å². The Labute approximate surface area is 141 Å². The van der Waals surface area contributed by atoms with Crippen LogP contribution < -0.4 is 5.32 Å². The summed E-state index contributed by atoms with van der Waals surface area (Å²) in [5.74, 6) is 0.860. The summed E-state index contributed by atoms with van der Waals surface area (Å²) in [5.41, 5.74) is 3.72. The molecule has 1 aliphatic rings. The van der Waals surface area contributed by atoms with E-state index in [-0.39, 0.29) is 5.91 Å². The van der Waals surface area contributed by atoms with E-state index in [0.29, 0.717) is 23.8 Å². The molecule has 23 heavy (non-hydrogen) atoms. The largest absolute Gasteiger partial charge is 0.349 e. The topological polar surface area (TPSA) is 62.7 Å². The first-order chi connectivity index (χ1) is 11.0. The number of amides is 1. The molecule has 1 aromatic heterocycles. The van der Waals surface area contributed by atoms with E-state index in [0.717, 1.165) is 25.1 Å². The van der Waals surface area contributed by atoms with E-state index in [1.807, 2.05) is 4.57 Å². The van der Waals surface area contributed by atoms with Crippen molar-refractivity contribution in [2.75, 3.05) is 0 Å². The third-order valence-electron chi connectivity index (χ3n) is 4.25. The Bertz CT molecular complexity index is 773. The first-order valence-electron chi connectivity index (χ1n) is 8.03. The van der Waals surface area contributed by atoms with Crippen LogP contribution >= 0.6 is 12.2 Å². The summed E-state index contributed by atoms with van der Waals surface area (Å²) in [5, 5.41) is 9.99. The van der Waals surface area contributed by atoms with Gasteiger partial charge in [0.1, 0.15) is 0 Å². The summed E-state index contributed by atoms with van der Waals surface area (Å²) in [6.07, 6.45) is 3.52. The second-order valence-corrected chi connectivity index (χ2v) is 6.64. The summed E-state index contributed by atoms with van der Waals surface area (Å²) < 4.78 is 2.67. The Balaban J connectivity index is 1.53. The maximum atomic E-state index is 12.1. The highest BCUT2D eigenvalue weighted by Gasteiger charge is 2.27. The van der Waals surface area contributed by atoms with Gasteiger partial charge >= 0.3 is 0 Å². The number of carbonyl (C=O) groups excluding carboxylic acids is 1. The van der Waals surface area contributed by atoms with Gasteiger partial charge in [0, 0.05) is 12.5 Å². The molecule has 1 aromatic carbocycles. The summed E-state index contributed by atoms with van der Waals surface area (Å²) >= 11 is 5.24. The summed E-state index contributed by atoms with van der Waals surface area (Å²) in [7, 11) is 0. The molecule has 6 heteroatoms. The Morgan fingerprint density at radius 2 is 2.22 bits per heavy atom. The van der Waals surface area contributed by atoms with Crippen LogP contribution in [0.5, 0.6) is 0 Å². The molecule has 0 unspecified atom stereocenters. The van der Waals surface area contributed by atoms with Gasteiger partial charge in [-0.05, 0) is 56.5 Å². The SMILES string of the molecule is Cc1ccc(CCC(=O)NCc2n[nH]c(=S)n2C2CC2)c(C)c1. The zero-order valence-electron chi connectivity index (χ0n) is 13.6. The molecule has 122 valence electrons. The van der Waals surface area contributed by atoms with Gasteiger partial charge in [-0.3, -0.25) is 14.5 Å². The van der Waals surface area contributed by atoms with Gasteiger partial charge in [-0.25, -0.2) is 0 Å². The van der Waals surface area contributed by atoms with Gasteiger partial charge in [0.05, 0.1) is 6.54 Å². The number of H-pyrrole nitrogens is 1. The van der Waals surface area contributed by atoms with Crippen molar-refractivity contribution in [3.8, 4) is 0 Å². The van der Waals surface area contributed by atoms with E-state index in [4.69, 9.17) is 12.2 Å². The molecule has 2 N–H and O–H groups in total. The van der Waals surface area contributed by atoms with E-state index in [1.165, 1.54) is 16.7 Å². The number of nitrogens with one attached hydrogen (secondary N) is 2. The van der Waals surface area contributed by atoms with Crippen LogP contribution in [0.4, 0.5) is 0 Å². The summed E-state index contributed by atoms with van der Waals surface area (Å²) in [4.78, 5) is 12.1. The van der Waals surface area contributed by atoms with Crippen LogP contribution in [0.1, 0.15) is 47.8 Å². The molecule has 1 fully saturated rings. The first kappa shape index (κ1) is 15.9. The minimum atomic E-state index is 0.0428. The number of aromatic amines is 1. The number of benzene rings is 1. The van der Waals surface area contributed by atoms with Crippen molar-refractivity contribution in [3.05, 3.63) is 45.5 Å². The number of hydrogen-bond acceptors (Lipinski definition) is 3. The molecule has 0 aliphatic heterocycles. The van der Waals surface area contributed by atoms with Crippen molar-refractivity contribution < 1.29 is 4.79 Å². The lowest BCUT2D eigenvalue weighted by Crippen LogP contribution is -2.25. The summed E-state index contributed by atoms with van der Waals surface area (Å²) in [6.45, 7) is 4.60. The Kier molecular flexibility index (Phi) is 4.61. The molecule has 0 atom stereocenters. The second kappa shape index (κ2) is 6.66. The first-order valence-corrected chi connectivity index (χ1v) is 8.44. The van der Waals surface area contributed by atoms with Crippen LogP contribution in [0.25, 0.3) is 0 Å². The molecule has 5 nitrogen and oxygen atoms in total. The minimum Gasteiger partial charge on any atom is -0.349 e. The van der Waals surface area contributed by atoms with E-state index in [2.05, 4.69) is 47.6 Å². The monoisotopic (exact) mass is 330 g/mol. The van der Waals surface area contributed by atoms with Crippen LogP contribution in [0.15, 0.2) is 18.2 Å². The molecular formula is C17H22N4OS. The third kappa shape index (κ3) is 3.88. The number of rotatable bonds is 6. The van der Waals surface area contributed by atoms with Crippen LogP contribution in [0.2, 0.25) is 0 Å². The second-order valence-electron chi connectivity index (χ2n) is 6.25. The normalized spacial score (nSPS) is 14.0. The number of hydrogen-bond donors (Lipinski definition) is 2. The number of carbonyl (C=O) groups is 1. The fourth-order valence-electron chi connectivity index (χ4n) is 2.81. The molecule has 1 heterocycles. The van der Waals surface area contributed by atoms with Gasteiger partial charge < -0.3 is 5.32 Å². The lowest BCUT2D eigenvalue weighted by molar-refractivity contribution is -0.121. The minimum absolute atomic E-state index is 0.0428. The molecule has 0 radical (unpaired) electrons. The number of aryl methyl sites for hydroxylation is 3. The van der Waals surface area contributed by atoms with Gasteiger partial charge in [0.2, 0.25) is 5.91 Å². The van der Waals surface area contributed by atoms with Crippen molar-refractivity contribution in [2.24, 2.45) is 0 Å². The van der Waals surface area contributed by atoms with Gasteiger partial charge in [-0.2, -0.15) is 5.10 Å². The molecule has 0 saturated heterocycles. The van der Waals surface area contributed by atoms with E-state index >= 15 is 0 Å². The molecule has 2 aromatic rings. The average Bonchev–Trinajstić information content (AvgIpc) is 3.27. The van der Waals surface area contributed by atoms with Crippen LogP contribution in [0.3, 0.4) is 0 Å². The molecule has 1 aliphatic carbocycles. The number of nitrogens with zero attached hydrogens (tertiary/aromatic N) is 2. The van der Waals surface area contributed by atoms with E-state index in [1.54, 1.807) is 0 Å². The van der Waals surface area contributed by atoms with Crippen molar-refractivity contribution in [1.82, 2.24) is 20.1 Å². The van der Waals surface area contributed by atoms with Crippen LogP contribution in [-0.4, -0.2) is 20.7 Å². The zero-order valence-corrected chi connectivity index (χ0v) is 14.4. The van der Waals surface area contributed by atoms with E-state index in [9.17, 15) is 4.79 Å². The highest BCUT2D eigenvalue weighted by atomic mass is 32.1. The smallest absolute Gasteiger partial charge is 0.220 e. The van der Waals surface area contributed by atoms with Gasteiger partial charge in [0.25, 0.3) is 0 Å². The highest BCUT2D eigenvalue weighted by molar-refractivity contribution is 7.71. The number of aromatic nitrogens is 3. The third-order valence-corrected chi connectivity index (χ3v) is 4.54. The predicted molar refractivity (Wildman–Crippen MR) is 91.8 cm³/mol. The molecule has 0 spiro atoms. The quantitative estimate of drug-likeness (QED) is 0.800. The Morgan fingerprint density at radius 3 is 2.91 bits per heavy atom. The predicted octanol–water partition coefficient (Wildman–Crippen LogP) is 3.14. The fourth-order valence-corrected chi connectivity index (χ4v) is 3.11. The molecular weight excluding hydrogens is 308 g/mol. The maximum absolute atomic E-state index is 12.1. The highest BCUT2D eigenvalue weighted by Crippen LogP contribution is 2.35. The van der Waals surface area contributed by atoms with Crippen molar-refractivity contribution in [1.29, 1.82) is 0 Å². The maximum Gasteiger partial charge on any atom is 0.220 e. The fraction of sp³-hybridized carbons (Fsp3) is 0.471. The zero-order chi connectivity index (χ0) is 16.4. The van der Waals surface area contributed by atoms with Crippen molar-refractivity contribution in [3.63, 3.8) is 0 Å². The average molecular weight is 330 g/mol. The Hall–Kier alpha value is -1.95.